The maximum atomic E-state index is 4.46. The first kappa shape index (κ1) is 13.1. The third kappa shape index (κ3) is 2.56. The van der Waals surface area contributed by atoms with Crippen LogP contribution < -0.4 is 10.2 Å². The number of nitrogens with zero attached hydrogens (tertiary/aromatic N) is 4. The van der Waals surface area contributed by atoms with E-state index in [9.17, 15) is 0 Å². The van der Waals surface area contributed by atoms with Crippen molar-refractivity contribution in [2.24, 2.45) is 0 Å². The zero-order valence-electron chi connectivity index (χ0n) is 11.8. The van der Waals surface area contributed by atoms with Gasteiger partial charge in [0, 0.05) is 37.8 Å². The lowest BCUT2D eigenvalue weighted by molar-refractivity contribution is 0.233. The second kappa shape index (κ2) is 5.52. The minimum absolute atomic E-state index is 0.565. The Morgan fingerprint density at radius 1 is 1.39 bits per heavy atom. The quantitative estimate of drug-likeness (QED) is 0.876. The molecule has 0 radical (unpaired) electrons. The predicted octanol–water partition coefficient (Wildman–Crippen LogP) is 1.36. The van der Waals surface area contributed by atoms with Crippen molar-refractivity contribution in [2.45, 2.75) is 26.8 Å². The van der Waals surface area contributed by atoms with Gasteiger partial charge in [-0.3, -0.25) is 0 Å². The van der Waals surface area contributed by atoms with Gasteiger partial charge >= 0.3 is 0 Å². The Bertz CT molecular complexity index is 406. The van der Waals surface area contributed by atoms with Crippen molar-refractivity contribution in [3.8, 4) is 0 Å². The van der Waals surface area contributed by atoms with Gasteiger partial charge in [-0.15, -0.1) is 0 Å². The van der Waals surface area contributed by atoms with E-state index in [1.807, 2.05) is 0 Å². The molecule has 2 rings (SSSR count). The summed E-state index contributed by atoms with van der Waals surface area (Å²) in [6, 6.07) is 0.565. The molecule has 2 heterocycles. The fraction of sp³-hybridized carbons (Fsp3) is 0.692. The van der Waals surface area contributed by atoms with Crippen LogP contribution >= 0.6 is 0 Å². The van der Waals surface area contributed by atoms with Crippen molar-refractivity contribution < 1.29 is 0 Å². The number of hydrogen-bond donors (Lipinski definition) is 1. The number of aromatic nitrogens is 2. The van der Waals surface area contributed by atoms with E-state index >= 15 is 0 Å². The lowest BCUT2D eigenvalue weighted by atomic mass is 10.2. The Kier molecular flexibility index (Phi) is 4.01. The van der Waals surface area contributed by atoms with Crippen LogP contribution in [0, 0.1) is 6.92 Å². The largest absolute Gasteiger partial charge is 0.370 e. The van der Waals surface area contributed by atoms with Crippen LogP contribution in [0.2, 0.25) is 0 Å². The molecule has 5 nitrogen and oxygen atoms in total. The standard InChI is InChI=1S/C13H23N5/c1-5-14-12-11(3)13(16-9-15-12)18-7-6-17(4)10(2)8-18/h9-10H,5-8H2,1-4H3,(H,14,15,16). The average Bonchev–Trinajstić information content (AvgIpc) is 2.36. The van der Waals surface area contributed by atoms with Crippen LogP contribution in [-0.2, 0) is 0 Å². The highest BCUT2D eigenvalue weighted by Gasteiger charge is 2.23. The molecular weight excluding hydrogens is 226 g/mol. The first-order valence-corrected chi connectivity index (χ1v) is 6.64. The van der Waals surface area contributed by atoms with Crippen molar-refractivity contribution in [3.63, 3.8) is 0 Å². The predicted molar refractivity (Wildman–Crippen MR) is 75.2 cm³/mol. The smallest absolute Gasteiger partial charge is 0.137 e. The normalized spacial score (nSPS) is 21.1. The van der Waals surface area contributed by atoms with Gasteiger partial charge in [0.25, 0.3) is 0 Å². The SMILES string of the molecule is CCNc1ncnc(N2CCN(C)C(C)C2)c1C. The summed E-state index contributed by atoms with van der Waals surface area (Å²) in [6.45, 7) is 10.5. The molecular formula is C13H23N5. The van der Waals surface area contributed by atoms with Crippen LogP contribution in [0.1, 0.15) is 19.4 Å². The van der Waals surface area contributed by atoms with Crippen molar-refractivity contribution >= 4 is 11.6 Å². The molecule has 1 aliphatic rings. The molecule has 1 aromatic rings. The molecule has 1 saturated heterocycles. The Morgan fingerprint density at radius 3 is 2.83 bits per heavy atom. The number of likely N-dealkylation sites (N-methyl/N-ethyl adjacent to an activating group) is 1. The highest BCUT2D eigenvalue weighted by Crippen LogP contribution is 2.24. The zero-order valence-corrected chi connectivity index (χ0v) is 11.8. The molecule has 1 aliphatic heterocycles. The maximum absolute atomic E-state index is 4.46. The van der Waals surface area contributed by atoms with Gasteiger partial charge < -0.3 is 15.1 Å². The highest BCUT2D eigenvalue weighted by molar-refractivity contribution is 5.58. The summed E-state index contributed by atoms with van der Waals surface area (Å²) < 4.78 is 0. The number of nitrogens with one attached hydrogen (secondary N) is 1. The molecule has 1 unspecified atom stereocenters. The van der Waals surface area contributed by atoms with Crippen molar-refractivity contribution in [3.05, 3.63) is 11.9 Å². The average molecular weight is 249 g/mol. The minimum Gasteiger partial charge on any atom is -0.370 e. The number of rotatable bonds is 3. The highest BCUT2D eigenvalue weighted by atomic mass is 15.3. The molecule has 0 amide bonds. The van der Waals surface area contributed by atoms with Gasteiger partial charge in [0.15, 0.2) is 0 Å². The van der Waals surface area contributed by atoms with Crippen LogP contribution in [-0.4, -0.2) is 54.1 Å². The van der Waals surface area contributed by atoms with Gasteiger partial charge in [0.05, 0.1) is 0 Å². The van der Waals surface area contributed by atoms with Crippen molar-refractivity contribution in [1.29, 1.82) is 0 Å². The summed E-state index contributed by atoms with van der Waals surface area (Å²) >= 11 is 0. The molecule has 100 valence electrons. The van der Waals surface area contributed by atoms with E-state index in [2.05, 4.69) is 52.9 Å². The van der Waals surface area contributed by atoms with E-state index in [1.165, 1.54) is 0 Å². The summed E-state index contributed by atoms with van der Waals surface area (Å²) in [5.41, 5.74) is 1.15. The first-order chi connectivity index (χ1) is 8.63. The van der Waals surface area contributed by atoms with E-state index < -0.39 is 0 Å². The molecule has 1 aromatic heterocycles. The molecule has 0 aliphatic carbocycles. The summed E-state index contributed by atoms with van der Waals surface area (Å²) in [7, 11) is 2.18. The van der Waals surface area contributed by atoms with Crippen LogP contribution in [0.15, 0.2) is 6.33 Å². The van der Waals surface area contributed by atoms with Crippen molar-refractivity contribution in [1.82, 2.24) is 14.9 Å². The fourth-order valence-corrected chi connectivity index (χ4v) is 2.35. The lowest BCUT2D eigenvalue weighted by Crippen LogP contribution is -2.50. The topological polar surface area (TPSA) is 44.3 Å². The number of anilines is 2. The fourth-order valence-electron chi connectivity index (χ4n) is 2.35. The Morgan fingerprint density at radius 2 is 2.17 bits per heavy atom. The monoisotopic (exact) mass is 249 g/mol. The molecule has 5 heteroatoms. The van der Waals surface area contributed by atoms with Crippen LogP contribution in [0.25, 0.3) is 0 Å². The summed E-state index contributed by atoms with van der Waals surface area (Å²) in [6.07, 6.45) is 1.66. The summed E-state index contributed by atoms with van der Waals surface area (Å²) in [4.78, 5) is 13.5. The lowest BCUT2D eigenvalue weighted by Gasteiger charge is -2.38. The van der Waals surface area contributed by atoms with E-state index in [0.717, 1.165) is 43.4 Å². The van der Waals surface area contributed by atoms with Crippen LogP contribution in [0.4, 0.5) is 11.6 Å². The Hall–Kier alpha value is -1.36. The Labute approximate surface area is 109 Å². The van der Waals surface area contributed by atoms with E-state index in [-0.39, 0.29) is 0 Å². The van der Waals surface area contributed by atoms with E-state index in [0.29, 0.717) is 6.04 Å². The van der Waals surface area contributed by atoms with Gasteiger partial charge in [-0.1, -0.05) is 0 Å². The van der Waals surface area contributed by atoms with E-state index in [1.54, 1.807) is 6.33 Å². The number of hydrogen-bond acceptors (Lipinski definition) is 5. The van der Waals surface area contributed by atoms with Gasteiger partial charge in [-0.25, -0.2) is 9.97 Å². The molecule has 1 fully saturated rings. The third-order valence-electron chi connectivity index (χ3n) is 3.66. The van der Waals surface area contributed by atoms with Crippen LogP contribution in [0.3, 0.4) is 0 Å². The summed E-state index contributed by atoms with van der Waals surface area (Å²) in [5.74, 6) is 2.02. The molecule has 0 spiro atoms. The number of piperazine rings is 1. The minimum atomic E-state index is 0.565. The second-order valence-electron chi connectivity index (χ2n) is 4.98. The maximum Gasteiger partial charge on any atom is 0.137 e. The summed E-state index contributed by atoms with van der Waals surface area (Å²) in [5, 5.41) is 3.29. The van der Waals surface area contributed by atoms with Gasteiger partial charge in [-0.05, 0) is 27.8 Å². The molecule has 18 heavy (non-hydrogen) atoms. The molecule has 1 N–H and O–H groups in total. The van der Waals surface area contributed by atoms with Gasteiger partial charge in [-0.2, -0.15) is 0 Å². The van der Waals surface area contributed by atoms with Gasteiger partial charge in [0.1, 0.15) is 18.0 Å². The molecule has 0 bridgehead atoms. The van der Waals surface area contributed by atoms with E-state index in [4.69, 9.17) is 0 Å². The molecule has 0 aromatic carbocycles. The Balaban J connectivity index is 2.20. The molecule has 0 saturated carbocycles. The first-order valence-electron chi connectivity index (χ1n) is 6.64. The van der Waals surface area contributed by atoms with Gasteiger partial charge in [0.2, 0.25) is 0 Å². The zero-order chi connectivity index (χ0) is 13.1. The van der Waals surface area contributed by atoms with Crippen LogP contribution in [0.5, 0.6) is 0 Å². The van der Waals surface area contributed by atoms with Crippen molar-refractivity contribution in [2.75, 3.05) is 43.4 Å². The second-order valence-corrected chi connectivity index (χ2v) is 4.98. The molecule has 1 atom stereocenters. The third-order valence-corrected chi connectivity index (χ3v) is 3.66.